The second-order valence-corrected chi connectivity index (χ2v) is 6.16. The summed E-state index contributed by atoms with van der Waals surface area (Å²) in [5.74, 6) is 0. The minimum absolute atomic E-state index is 0.317. The Morgan fingerprint density at radius 1 is 1.33 bits per heavy atom. The summed E-state index contributed by atoms with van der Waals surface area (Å²) in [4.78, 5) is 0. The molecule has 0 amide bonds. The van der Waals surface area contributed by atoms with Crippen molar-refractivity contribution < 1.29 is 9.47 Å². The van der Waals surface area contributed by atoms with Crippen LogP contribution >= 0.6 is 0 Å². The third-order valence-electron chi connectivity index (χ3n) is 5.03. The first kappa shape index (κ1) is 14.3. The molecule has 106 valence electrons. The van der Waals surface area contributed by atoms with Gasteiger partial charge in [0.05, 0.1) is 12.2 Å². The Balaban J connectivity index is 1.86. The zero-order chi connectivity index (χ0) is 13.2. The van der Waals surface area contributed by atoms with Gasteiger partial charge in [-0.1, -0.05) is 13.8 Å². The first-order valence-corrected chi connectivity index (χ1v) is 7.59. The fraction of sp³-hybridized carbons (Fsp3) is 1.00. The fourth-order valence-electron chi connectivity index (χ4n) is 3.44. The van der Waals surface area contributed by atoms with Crippen molar-refractivity contribution in [2.45, 2.75) is 77.7 Å². The second kappa shape index (κ2) is 5.89. The first-order valence-electron chi connectivity index (χ1n) is 7.59. The summed E-state index contributed by atoms with van der Waals surface area (Å²) in [5, 5.41) is 3.86. The number of hydrogen-bond acceptors (Lipinski definition) is 3. The smallest absolute Gasteiger partial charge is 0.0658 e. The molecule has 0 aromatic rings. The van der Waals surface area contributed by atoms with E-state index in [1.165, 1.54) is 12.8 Å². The molecular weight excluding hydrogens is 226 g/mol. The van der Waals surface area contributed by atoms with Crippen molar-refractivity contribution in [1.29, 1.82) is 0 Å². The highest BCUT2D eigenvalue weighted by atomic mass is 16.5. The summed E-state index contributed by atoms with van der Waals surface area (Å²) in [6.45, 7) is 10.7. The molecule has 1 heterocycles. The zero-order valence-electron chi connectivity index (χ0n) is 12.4. The Morgan fingerprint density at radius 3 is 2.72 bits per heavy atom. The lowest BCUT2D eigenvalue weighted by Crippen LogP contribution is -2.64. The lowest BCUT2D eigenvalue weighted by atomic mass is 9.61. The van der Waals surface area contributed by atoms with Crippen molar-refractivity contribution in [3.63, 3.8) is 0 Å². The van der Waals surface area contributed by atoms with Gasteiger partial charge in [0.2, 0.25) is 0 Å². The monoisotopic (exact) mass is 255 g/mol. The fourth-order valence-corrected chi connectivity index (χ4v) is 3.44. The van der Waals surface area contributed by atoms with E-state index in [1.807, 2.05) is 0 Å². The molecule has 1 aliphatic carbocycles. The van der Waals surface area contributed by atoms with Gasteiger partial charge in [-0.3, -0.25) is 0 Å². The molecule has 2 rings (SSSR count). The van der Waals surface area contributed by atoms with Gasteiger partial charge in [-0.05, 0) is 39.5 Å². The van der Waals surface area contributed by atoms with Crippen LogP contribution in [0.3, 0.4) is 0 Å². The molecule has 5 atom stereocenters. The SMILES string of the molecule is CCOC1CC(NC2CCOC(C)C2)C1(C)CC. The van der Waals surface area contributed by atoms with E-state index < -0.39 is 0 Å². The predicted octanol–water partition coefficient (Wildman–Crippen LogP) is 2.74. The van der Waals surface area contributed by atoms with E-state index in [2.05, 4.69) is 33.0 Å². The van der Waals surface area contributed by atoms with E-state index in [-0.39, 0.29) is 0 Å². The van der Waals surface area contributed by atoms with Crippen LogP contribution in [0.15, 0.2) is 0 Å². The van der Waals surface area contributed by atoms with E-state index in [0.29, 0.717) is 29.7 Å². The highest BCUT2D eigenvalue weighted by molar-refractivity contribution is 5.05. The van der Waals surface area contributed by atoms with Crippen LogP contribution in [0.5, 0.6) is 0 Å². The third kappa shape index (κ3) is 2.73. The van der Waals surface area contributed by atoms with Gasteiger partial charge in [-0.15, -0.1) is 0 Å². The van der Waals surface area contributed by atoms with E-state index in [0.717, 1.165) is 26.1 Å². The van der Waals surface area contributed by atoms with Crippen molar-refractivity contribution in [3.05, 3.63) is 0 Å². The van der Waals surface area contributed by atoms with Crippen molar-refractivity contribution in [2.24, 2.45) is 5.41 Å². The second-order valence-electron chi connectivity index (χ2n) is 6.16. The third-order valence-corrected chi connectivity index (χ3v) is 5.03. The molecule has 0 bridgehead atoms. The van der Waals surface area contributed by atoms with E-state index in [9.17, 15) is 0 Å². The summed E-state index contributed by atoms with van der Waals surface area (Å²) in [5.41, 5.74) is 0.317. The number of nitrogens with one attached hydrogen (secondary N) is 1. The van der Waals surface area contributed by atoms with Crippen LogP contribution in [-0.4, -0.2) is 37.5 Å². The van der Waals surface area contributed by atoms with Gasteiger partial charge >= 0.3 is 0 Å². The van der Waals surface area contributed by atoms with Crippen LogP contribution < -0.4 is 5.32 Å². The standard InChI is InChI=1S/C15H29NO2/c1-5-15(4)13(10-14(15)17-6-2)16-12-7-8-18-11(3)9-12/h11-14,16H,5-10H2,1-4H3. The van der Waals surface area contributed by atoms with Gasteiger partial charge in [0.15, 0.2) is 0 Å². The number of ether oxygens (including phenoxy) is 2. The van der Waals surface area contributed by atoms with Crippen LogP contribution in [0.1, 0.15) is 53.4 Å². The Bertz CT molecular complexity index is 271. The molecule has 0 aromatic carbocycles. The minimum Gasteiger partial charge on any atom is -0.378 e. The molecule has 2 aliphatic rings. The molecule has 5 unspecified atom stereocenters. The normalized spacial score (nSPS) is 44.7. The molecule has 1 saturated carbocycles. The summed E-state index contributed by atoms with van der Waals surface area (Å²) in [6.07, 6.45) is 5.52. The van der Waals surface area contributed by atoms with Crippen LogP contribution in [0.2, 0.25) is 0 Å². The molecule has 3 heteroatoms. The molecule has 18 heavy (non-hydrogen) atoms. The van der Waals surface area contributed by atoms with E-state index >= 15 is 0 Å². The van der Waals surface area contributed by atoms with Gasteiger partial charge < -0.3 is 14.8 Å². The Labute approximate surface area is 112 Å². The molecule has 2 fully saturated rings. The lowest BCUT2D eigenvalue weighted by Gasteiger charge is -2.55. The maximum atomic E-state index is 5.86. The van der Waals surface area contributed by atoms with Crippen molar-refractivity contribution >= 4 is 0 Å². The van der Waals surface area contributed by atoms with Gasteiger partial charge in [-0.2, -0.15) is 0 Å². The lowest BCUT2D eigenvalue weighted by molar-refractivity contribution is -0.131. The summed E-state index contributed by atoms with van der Waals surface area (Å²) < 4.78 is 11.5. The Hall–Kier alpha value is -0.120. The van der Waals surface area contributed by atoms with Crippen LogP contribution in [0.25, 0.3) is 0 Å². The molecular formula is C15H29NO2. The quantitative estimate of drug-likeness (QED) is 0.819. The largest absolute Gasteiger partial charge is 0.378 e. The number of hydrogen-bond donors (Lipinski definition) is 1. The van der Waals surface area contributed by atoms with Crippen molar-refractivity contribution in [1.82, 2.24) is 5.32 Å². The van der Waals surface area contributed by atoms with Gasteiger partial charge in [0, 0.05) is 30.7 Å². The van der Waals surface area contributed by atoms with Crippen molar-refractivity contribution in [2.75, 3.05) is 13.2 Å². The molecule has 1 aliphatic heterocycles. The number of rotatable bonds is 5. The average molecular weight is 255 g/mol. The average Bonchev–Trinajstić information content (AvgIpc) is 2.36. The Morgan fingerprint density at radius 2 is 2.11 bits per heavy atom. The summed E-state index contributed by atoms with van der Waals surface area (Å²) in [6, 6.07) is 1.25. The van der Waals surface area contributed by atoms with Crippen LogP contribution in [0, 0.1) is 5.41 Å². The molecule has 1 N–H and O–H groups in total. The molecule has 3 nitrogen and oxygen atoms in total. The first-order chi connectivity index (χ1) is 8.60. The topological polar surface area (TPSA) is 30.5 Å². The zero-order valence-corrected chi connectivity index (χ0v) is 12.4. The van der Waals surface area contributed by atoms with Gasteiger partial charge in [0.1, 0.15) is 0 Å². The van der Waals surface area contributed by atoms with Gasteiger partial charge in [-0.25, -0.2) is 0 Å². The van der Waals surface area contributed by atoms with Gasteiger partial charge in [0.25, 0.3) is 0 Å². The highest BCUT2D eigenvalue weighted by Gasteiger charge is 2.51. The molecule has 0 radical (unpaired) electrons. The molecule has 1 saturated heterocycles. The molecule has 0 aromatic heterocycles. The predicted molar refractivity (Wildman–Crippen MR) is 73.8 cm³/mol. The van der Waals surface area contributed by atoms with Crippen molar-refractivity contribution in [3.8, 4) is 0 Å². The van der Waals surface area contributed by atoms with E-state index in [1.54, 1.807) is 0 Å². The van der Waals surface area contributed by atoms with Crippen LogP contribution in [-0.2, 0) is 9.47 Å². The van der Waals surface area contributed by atoms with Crippen LogP contribution in [0.4, 0.5) is 0 Å². The summed E-state index contributed by atoms with van der Waals surface area (Å²) in [7, 11) is 0. The highest BCUT2D eigenvalue weighted by Crippen LogP contribution is 2.46. The summed E-state index contributed by atoms with van der Waals surface area (Å²) >= 11 is 0. The minimum atomic E-state index is 0.317. The van der Waals surface area contributed by atoms with E-state index in [4.69, 9.17) is 9.47 Å². The maximum Gasteiger partial charge on any atom is 0.0658 e. The molecule has 0 spiro atoms. The maximum absolute atomic E-state index is 5.86. The Kier molecular flexibility index (Phi) is 4.68.